The van der Waals surface area contributed by atoms with Crippen molar-refractivity contribution < 1.29 is 4.79 Å². The van der Waals surface area contributed by atoms with Crippen LogP contribution in [0.25, 0.3) is 11.4 Å². The molecule has 0 aliphatic rings. The van der Waals surface area contributed by atoms with Gasteiger partial charge in [0.05, 0.1) is 0 Å². The number of pyridine rings is 1. The molecule has 0 unspecified atom stereocenters. The summed E-state index contributed by atoms with van der Waals surface area (Å²) in [5, 5.41) is 11.9. The number of carbonyl (C=O) groups excluding carboxylic acids is 1. The van der Waals surface area contributed by atoms with Crippen molar-refractivity contribution in [3.8, 4) is 11.4 Å². The van der Waals surface area contributed by atoms with E-state index in [1.807, 2.05) is 23.7 Å². The Morgan fingerprint density at radius 1 is 1.37 bits per heavy atom. The summed E-state index contributed by atoms with van der Waals surface area (Å²) in [6.45, 7) is 2.13. The van der Waals surface area contributed by atoms with Gasteiger partial charge in [-0.1, -0.05) is 11.8 Å². The maximum Gasteiger partial charge on any atom is 0.216 e. The summed E-state index contributed by atoms with van der Waals surface area (Å²) in [5.41, 5.74) is 0.985. The lowest BCUT2D eigenvalue weighted by atomic mass is 10.2. The van der Waals surface area contributed by atoms with Crippen LogP contribution in [0.3, 0.4) is 0 Å². The number of aromatic nitrogens is 4. The van der Waals surface area contributed by atoms with E-state index in [-0.39, 0.29) is 5.91 Å². The molecule has 100 valence electrons. The SMILES string of the molecule is CC(=O)NCCSc1nnc(-c2ccncc2)n1C. The largest absolute Gasteiger partial charge is 0.356 e. The third-order valence-corrected chi connectivity index (χ3v) is 3.50. The van der Waals surface area contributed by atoms with Crippen LogP contribution in [0.15, 0.2) is 29.7 Å². The van der Waals surface area contributed by atoms with Crippen LogP contribution in [0, 0.1) is 0 Å². The molecule has 0 fully saturated rings. The highest BCUT2D eigenvalue weighted by molar-refractivity contribution is 7.99. The van der Waals surface area contributed by atoms with E-state index in [2.05, 4.69) is 20.5 Å². The molecule has 1 N–H and O–H groups in total. The van der Waals surface area contributed by atoms with Crippen LogP contribution in [0.4, 0.5) is 0 Å². The second-order valence-corrected chi connectivity index (χ2v) is 4.99. The van der Waals surface area contributed by atoms with E-state index in [0.717, 1.165) is 22.3 Å². The second-order valence-electron chi connectivity index (χ2n) is 3.93. The zero-order valence-electron chi connectivity index (χ0n) is 10.8. The highest BCUT2D eigenvalue weighted by Gasteiger charge is 2.10. The van der Waals surface area contributed by atoms with Gasteiger partial charge >= 0.3 is 0 Å². The first-order chi connectivity index (χ1) is 9.18. The number of amides is 1. The Morgan fingerprint density at radius 2 is 2.11 bits per heavy atom. The van der Waals surface area contributed by atoms with Crippen molar-refractivity contribution in [2.24, 2.45) is 7.05 Å². The quantitative estimate of drug-likeness (QED) is 0.654. The Labute approximate surface area is 115 Å². The van der Waals surface area contributed by atoms with E-state index in [0.29, 0.717) is 6.54 Å². The fourth-order valence-corrected chi connectivity index (χ4v) is 2.33. The van der Waals surface area contributed by atoms with E-state index in [1.54, 1.807) is 24.2 Å². The van der Waals surface area contributed by atoms with Gasteiger partial charge in [-0.15, -0.1) is 10.2 Å². The van der Waals surface area contributed by atoms with Gasteiger partial charge in [-0.3, -0.25) is 9.78 Å². The predicted octanol–water partition coefficient (Wildman–Crippen LogP) is 1.11. The van der Waals surface area contributed by atoms with Gasteiger partial charge in [0.1, 0.15) is 0 Å². The van der Waals surface area contributed by atoms with Crippen molar-refractivity contribution in [3.05, 3.63) is 24.5 Å². The van der Waals surface area contributed by atoms with Crippen molar-refractivity contribution in [2.45, 2.75) is 12.1 Å². The van der Waals surface area contributed by atoms with Gasteiger partial charge in [-0.25, -0.2) is 0 Å². The molecule has 19 heavy (non-hydrogen) atoms. The van der Waals surface area contributed by atoms with Gasteiger partial charge in [0.2, 0.25) is 5.91 Å². The molecule has 0 radical (unpaired) electrons. The normalized spacial score (nSPS) is 10.4. The molecule has 0 aliphatic heterocycles. The summed E-state index contributed by atoms with van der Waals surface area (Å²) >= 11 is 1.56. The average Bonchev–Trinajstić information content (AvgIpc) is 2.77. The zero-order valence-corrected chi connectivity index (χ0v) is 11.6. The van der Waals surface area contributed by atoms with Gasteiger partial charge < -0.3 is 9.88 Å². The first-order valence-corrected chi connectivity index (χ1v) is 6.84. The Bertz CT molecular complexity index is 555. The molecule has 0 atom stereocenters. The van der Waals surface area contributed by atoms with Crippen LogP contribution in [0.2, 0.25) is 0 Å². The summed E-state index contributed by atoms with van der Waals surface area (Å²) in [7, 11) is 1.93. The molecule has 7 heteroatoms. The monoisotopic (exact) mass is 277 g/mol. The smallest absolute Gasteiger partial charge is 0.216 e. The Kier molecular flexibility index (Phi) is 4.51. The van der Waals surface area contributed by atoms with Crippen molar-refractivity contribution in [2.75, 3.05) is 12.3 Å². The molecule has 0 aliphatic carbocycles. The molecule has 1 amide bonds. The number of rotatable bonds is 5. The summed E-state index contributed by atoms with van der Waals surface area (Å²) in [6, 6.07) is 3.80. The number of nitrogens with one attached hydrogen (secondary N) is 1. The fraction of sp³-hybridized carbons (Fsp3) is 0.333. The maximum absolute atomic E-state index is 10.8. The minimum atomic E-state index is -0.0176. The molecule has 0 bridgehead atoms. The molecule has 6 nitrogen and oxygen atoms in total. The van der Waals surface area contributed by atoms with E-state index in [1.165, 1.54) is 6.92 Å². The van der Waals surface area contributed by atoms with E-state index >= 15 is 0 Å². The molecule has 2 rings (SSSR count). The lowest BCUT2D eigenvalue weighted by Crippen LogP contribution is -2.22. The molecular weight excluding hydrogens is 262 g/mol. The average molecular weight is 277 g/mol. The van der Waals surface area contributed by atoms with Gasteiger partial charge in [-0.05, 0) is 12.1 Å². The predicted molar refractivity (Wildman–Crippen MR) is 73.6 cm³/mol. The highest BCUT2D eigenvalue weighted by Crippen LogP contribution is 2.21. The number of nitrogens with zero attached hydrogens (tertiary/aromatic N) is 4. The summed E-state index contributed by atoms with van der Waals surface area (Å²) in [4.78, 5) is 14.7. The second kappa shape index (κ2) is 6.33. The van der Waals surface area contributed by atoms with Crippen LogP contribution in [-0.4, -0.2) is 38.0 Å². The first kappa shape index (κ1) is 13.5. The minimum Gasteiger partial charge on any atom is -0.356 e. The molecule has 2 aromatic rings. The van der Waals surface area contributed by atoms with Crippen molar-refractivity contribution in [3.63, 3.8) is 0 Å². The van der Waals surface area contributed by atoms with E-state index in [4.69, 9.17) is 0 Å². The number of hydrogen-bond acceptors (Lipinski definition) is 5. The highest BCUT2D eigenvalue weighted by atomic mass is 32.2. The minimum absolute atomic E-state index is 0.0176. The van der Waals surface area contributed by atoms with Gasteiger partial charge in [0, 0.05) is 44.2 Å². The van der Waals surface area contributed by atoms with Crippen LogP contribution < -0.4 is 5.32 Å². The lowest BCUT2D eigenvalue weighted by molar-refractivity contribution is -0.118. The number of hydrogen-bond donors (Lipinski definition) is 1. The van der Waals surface area contributed by atoms with Crippen molar-refractivity contribution in [1.82, 2.24) is 25.1 Å². The Hall–Kier alpha value is -1.89. The van der Waals surface area contributed by atoms with Gasteiger partial charge in [-0.2, -0.15) is 0 Å². The van der Waals surface area contributed by atoms with Gasteiger partial charge in [0.15, 0.2) is 11.0 Å². The molecule has 2 aromatic heterocycles. The molecule has 0 spiro atoms. The zero-order chi connectivity index (χ0) is 13.7. The van der Waals surface area contributed by atoms with Crippen LogP contribution >= 0.6 is 11.8 Å². The first-order valence-electron chi connectivity index (χ1n) is 5.85. The number of carbonyl (C=O) groups is 1. The molecule has 0 saturated carbocycles. The molecule has 0 aromatic carbocycles. The molecular formula is C12H15N5OS. The fourth-order valence-electron chi connectivity index (χ4n) is 1.56. The van der Waals surface area contributed by atoms with Crippen LogP contribution in [-0.2, 0) is 11.8 Å². The summed E-state index contributed by atoms with van der Waals surface area (Å²) in [5.74, 6) is 1.56. The molecule has 0 saturated heterocycles. The van der Waals surface area contributed by atoms with Crippen LogP contribution in [0.1, 0.15) is 6.92 Å². The number of thioether (sulfide) groups is 1. The standard InChI is InChI=1S/C12H15N5OS/c1-9(18)14-7-8-19-12-16-15-11(17(12)2)10-3-5-13-6-4-10/h3-6H,7-8H2,1-2H3,(H,14,18). The van der Waals surface area contributed by atoms with E-state index in [9.17, 15) is 4.79 Å². The molecule has 2 heterocycles. The van der Waals surface area contributed by atoms with E-state index < -0.39 is 0 Å². The topological polar surface area (TPSA) is 72.7 Å². The summed E-state index contributed by atoms with van der Waals surface area (Å²) in [6.07, 6.45) is 3.46. The lowest BCUT2D eigenvalue weighted by Gasteiger charge is -2.04. The van der Waals surface area contributed by atoms with Gasteiger partial charge in [0.25, 0.3) is 0 Å². The Morgan fingerprint density at radius 3 is 2.79 bits per heavy atom. The van der Waals surface area contributed by atoms with Crippen molar-refractivity contribution >= 4 is 17.7 Å². The van der Waals surface area contributed by atoms with Crippen molar-refractivity contribution in [1.29, 1.82) is 0 Å². The van der Waals surface area contributed by atoms with Crippen LogP contribution in [0.5, 0.6) is 0 Å². The maximum atomic E-state index is 10.8. The third-order valence-electron chi connectivity index (χ3n) is 2.48. The Balaban J connectivity index is 2.01. The third kappa shape index (κ3) is 3.54. The summed E-state index contributed by atoms with van der Waals surface area (Å²) < 4.78 is 1.94.